The molecule has 3 fully saturated rings. The number of rotatable bonds is 6. The molecule has 1 saturated carbocycles. The number of nitrogens with zero attached hydrogens (tertiary/aromatic N) is 4. The van der Waals surface area contributed by atoms with E-state index in [-0.39, 0.29) is 29.4 Å². The predicted octanol–water partition coefficient (Wildman–Crippen LogP) is 0.641. The molecule has 0 bridgehead atoms. The fourth-order valence-corrected chi connectivity index (χ4v) is 6.09. The number of nitrogens with one attached hydrogen (secondary N) is 1. The maximum atomic E-state index is 12.6. The van der Waals surface area contributed by atoms with E-state index >= 15 is 0 Å². The third-order valence-electron chi connectivity index (χ3n) is 6.01. The van der Waals surface area contributed by atoms with Gasteiger partial charge in [-0.3, -0.25) is 14.5 Å². The normalized spacial score (nSPS) is 24.1. The summed E-state index contributed by atoms with van der Waals surface area (Å²) < 4.78 is 25.1. The monoisotopic (exact) mass is 469 g/mol. The SMILES string of the molecule is Cc1nn(C2CCS(=O)(=O)C2)c(Cl)c1/C=C/C(=O)N1CCN(CC(=O)NC2CC2)CC1. The largest absolute Gasteiger partial charge is 0.352 e. The molecule has 1 aliphatic carbocycles. The Balaban J connectivity index is 1.32. The number of aryl methyl sites for hydroxylation is 1. The molecule has 0 aromatic carbocycles. The highest BCUT2D eigenvalue weighted by atomic mass is 35.5. The average molecular weight is 470 g/mol. The average Bonchev–Trinajstić information content (AvgIpc) is 3.38. The molecule has 2 amide bonds. The zero-order valence-corrected chi connectivity index (χ0v) is 19.2. The van der Waals surface area contributed by atoms with Gasteiger partial charge in [-0.15, -0.1) is 0 Å². The molecule has 31 heavy (non-hydrogen) atoms. The molecule has 1 aromatic heterocycles. The Bertz CT molecular complexity index is 993. The molecule has 1 aromatic rings. The van der Waals surface area contributed by atoms with E-state index in [4.69, 9.17) is 11.6 Å². The van der Waals surface area contributed by atoms with Crippen LogP contribution in [0.5, 0.6) is 0 Å². The van der Waals surface area contributed by atoms with Crippen molar-refractivity contribution in [2.75, 3.05) is 44.2 Å². The fourth-order valence-electron chi connectivity index (χ4n) is 4.02. The van der Waals surface area contributed by atoms with Crippen molar-refractivity contribution in [3.05, 3.63) is 22.5 Å². The second-order valence-electron chi connectivity index (χ2n) is 8.57. The van der Waals surface area contributed by atoms with Crippen LogP contribution in [-0.4, -0.2) is 90.1 Å². The third kappa shape index (κ3) is 5.48. The van der Waals surface area contributed by atoms with Crippen LogP contribution in [0.3, 0.4) is 0 Å². The molecule has 170 valence electrons. The van der Waals surface area contributed by atoms with Crippen LogP contribution in [0.1, 0.15) is 36.6 Å². The van der Waals surface area contributed by atoms with Crippen molar-refractivity contribution in [3.63, 3.8) is 0 Å². The minimum Gasteiger partial charge on any atom is -0.352 e. The number of carbonyl (C=O) groups is 2. The van der Waals surface area contributed by atoms with Crippen molar-refractivity contribution in [1.29, 1.82) is 0 Å². The molecule has 3 heterocycles. The second kappa shape index (κ2) is 8.91. The van der Waals surface area contributed by atoms with Gasteiger partial charge in [-0.25, -0.2) is 13.1 Å². The molecular formula is C20H28ClN5O4S. The van der Waals surface area contributed by atoms with Crippen LogP contribution in [-0.2, 0) is 19.4 Å². The predicted molar refractivity (Wildman–Crippen MR) is 118 cm³/mol. The molecule has 1 atom stereocenters. The van der Waals surface area contributed by atoms with Crippen molar-refractivity contribution in [2.24, 2.45) is 0 Å². The summed E-state index contributed by atoms with van der Waals surface area (Å²) in [5.41, 5.74) is 1.29. The quantitative estimate of drug-likeness (QED) is 0.613. The molecule has 0 radical (unpaired) electrons. The van der Waals surface area contributed by atoms with E-state index < -0.39 is 9.84 Å². The third-order valence-corrected chi connectivity index (χ3v) is 8.14. The molecule has 3 aliphatic rings. The van der Waals surface area contributed by atoms with Crippen molar-refractivity contribution >= 4 is 39.3 Å². The maximum Gasteiger partial charge on any atom is 0.246 e. The Morgan fingerprint density at radius 3 is 2.52 bits per heavy atom. The van der Waals surface area contributed by atoms with Gasteiger partial charge in [0.15, 0.2) is 9.84 Å². The number of hydrogen-bond acceptors (Lipinski definition) is 6. The van der Waals surface area contributed by atoms with Gasteiger partial charge >= 0.3 is 0 Å². The van der Waals surface area contributed by atoms with E-state index in [1.165, 1.54) is 6.08 Å². The van der Waals surface area contributed by atoms with Gasteiger partial charge in [0.1, 0.15) is 5.15 Å². The molecule has 2 saturated heterocycles. The van der Waals surface area contributed by atoms with Crippen molar-refractivity contribution in [2.45, 2.75) is 38.3 Å². The first-order valence-electron chi connectivity index (χ1n) is 10.7. The highest BCUT2D eigenvalue weighted by Crippen LogP contribution is 2.30. The molecule has 0 spiro atoms. The number of aromatic nitrogens is 2. The second-order valence-corrected chi connectivity index (χ2v) is 11.2. The summed E-state index contributed by atoms with van der Waals surface area (Å²) in [4.78, 5) is 28.4. The van der Waals surface area contributed by atoms with Gasteiger partial charge in [-0.1, -0.05) is 11.6 Å². The van der Waals surface area contributed by atoms with Gasteiger partial charge in [0.2, 0.25) is 11.8 Å². The lowest BCUT2D eigenvalue weighted by Gasteiger charge is -2.33. The Hall–Kier alpha value is -1.91. The zero-order valence-electron chi connectivity index (χ0n) is 17.6. The minimum absolute atomic E-state index is 0.0406. The van der Waals surface area contributed by atoms with E-state index in [2.05, 4.69) is 15.3 Å². The molecule has 11 heteroatoms. The van der Waals surface area contributed by atoms with Crippen LogP contribution >= 0.6 is 11.6 Å². The van der Waals surface area contributed by atoms with Crippen LogP contribution in [0.15, 0.2) is 6.08 Å². The number of carbonyl (C=O) groups excluding carboxylic acids is 2. The molecule has 1 unspecified atom stereocenters. The van der Waals surface area contributed by atoms with E-state index in [0.29, 0.717) is 61.6 Å². The molecule has 1 N–H and O–H groups in total. The van der Waals surface area contributed by atoms with E-state index in [1.807, 2.05) is 0 Å². The van der Waals surface area contributed by atoms with Gasteiger partial charge in [0.05, 0.1) is 29.8 Å². The van der Waals surface area contributed by atoms with Crippen LogP contribution in [0.25, 0.3) is 6.08 Å². The summed E-state index contributed by atoms with van der Waals surface area (Å²) in [6.45, 7) is 4.61. The standard InChI is InChI=1S/C20H28ClN5O4S/c1-14-17(20(21)26(23-14)16-6-11-31(29,30)13-16)4-5-19(28)25-9-7-24(8-10-25)12-18(27)22-15-2-3-15/h4-5,15-16H,2-3,6-13H2,1H3,(H,22,27)/b5-4+. The molecular weight excluding hydrogens is 442 g/mol. The molecule has 2 aliphatic heterocycles. The minimum atomic E-state index is -3.05. The summed E-state index contributed by atoms with van der Waals surface area (Å²) in [6.07, 6.45) is 5.78. The zero-order chi connectivity index (χ0) is 22.2. The van der Waals surface area contributed by atoms with Gasteiger partial charge in [-0.2, -0.15) is 5.10 Å². The van der Waals surface area contributed by atoms with Crippen LogP contribution < -0.4 is 5.32 Å². The summed E-state index contributed by atoms with van der Waals surface area (Å²) in [6, 6.07) is 0.0949. The van der Waals surface area contributed by atoms with Crippen LogP contribution in [0.4, 0.5) is 0 Å². The van der Waals surface area contributed by atoms with Crippen molar-refractivity contribution in [3.8, 4) is 0 Å². The summed E-state index contributed by atoms with van der Waals surface area (Å²) in [5.74, 6) is 0.122. The summed E-state index contributed by atoms with van der Waals surface area (Å²) in [7, 11) is -3.05. The summed E-state index contributed by atoms with van der Waals surface area (Å²) in [5, 5.41) is 7.75. The summed E-state index contributed by atoms with van der Waals surface area (Å²) >= 11 is 6.46. The van der Waals surface area contributed by atoms with Gasteiger partial charge < -0.3 is 10.2 Å². The van der Waals surface area contributed by atoms with E-state index in [0.717, 1.165) is 12.8 Å². The maximum absolute atomic E-state index is 12.6. The number of halogens is 1. The Morgan fingerprint density at radius 2 is 1.90 bits per heavy atom. The van der Waals surface area contributed by atoms with Crippen molar-refractivity contribution < 1.29 is 18.0 Å². The van der Waals surface area contributed by atoms with Crippen molar-refractivity contribution in [1.82, 2.24) is 24.9 Å². The lowest BCUT2D eigenvalue weighted by Crippen LogP contribution is -2.51. The Labute approximate surface area is 187 Å². The van der Waals surface area contributed by atoms with E-state index in [9.17, 15) is 18.0 Å². The van der Waals surface area contributed by atoms with E-state index in [1.54, 1.807) is 22.6 Å². The van der Waals surface area contributed by atoms with Crippen LogP contribution in [0.2, 0.25) is 5.15 Å². The molecule has 4 rings (SSSR count). The first-order valence-corrected chi connectivity index (χ1v) is 12.9. The van der Waals surface area contributed by atoms with Gasteiger partial charge in [-0.05, 0) is 32.3 Å². The topological polar surface area (TPSA) is 105 Å². The highest BCUT2D eigenvalue weighted by Gasteiger charge is 2.32. The number of sulfone groups is 1. The Kier molecular flexibility index (Phi) is 6.41. The molecule has 9 nitrogen and oxygen atoms in total. The number of hydrogen-bond donors (Lipinski definition) is 1. The van der Waals surface area contributed by atoms with Gasteiger partial charge in [0, 0.05) is 43.9 Å². The fraction of sp³-hybridized carbons (Fsp3) is 0.650. The lowest BCUT2D eigenvalue weighted by molar-refractivity contribution is -0.128. The van der Waals surface area contributed by atoms with Gasteiger partial charge in [0.25, 0.3) is 0 Å². The first-order chi connectivity index (χ1) is 14.7. The van der Waals surface area contributed by atoms with Crippen LogP contribution in [0, 0.1) is 6.92 Å². The highest BCUT2D eigenvalue weighted by molar-refractivity contribution is 7.91. The lowest BCUT2D eigenvalue weighted by atomic mass is 10.2. The first kappa shape index (κ1) is 22.3. The Morgan fingerprint density at radius 1 is 1.19 bits per heavy atom. The number of piperazine rings is 1. The number of amides is 2. The smallest absolute Gasteiger partial charge is 0.246 e.